The van der Waals surface area contributed by atoms with Crippen LogP contribution >= 0.6 is 0 Å². The Morgan fingerprint density at radius 3 is 2.24 bits per heavy atom. The average Bonchev–Trinajstić information content (AvgIpc) is 2.64. The van der Waals surface area contributed by atoms with Crippen LogP contribution in [-0.2, 0) is 4.79 Å². The van der Waals surface area contributed by atoms with Gasteiger partial charge in [0, 0.05) is 6.54 Å². The zero-order valence-electron chi connectivity index (χ0n) is 11.2. The van der Waals surface area contributed by atoms with Gasteiger partial charge in [-0.15, -0.1) is 0 Å². The normalized spacial score (nSPS) is 24.2. The largest absolute Gasteiger partial charge is 0.409 e. The van der Waals surface area contributed by atoms with Crippen molar-refractivity contribution in [3.05, 3.63) is 0 Å². The zero-order chi connectivity index (χ0) is 13.4. The predicted molar refractivity (Wildman–Crippen MR) is 66.6 cm³/mol. The highest BCUT2D eigenvalue weighted by atomic mass is 16.4. The Kier molecular flexibility index (Phi) is 3.41. The maximum atomic E-state index is 11.7. The fourth-order valence-corrected chi connectivity index (χ4v) is 2.42. The molecule has 1 rings (SSSR count). The summed E-state index contributed by atoms with van der Waals surface area (Å²) in [5, 5.41) is 14.2. The molecule has 0 bridgehead atoms. The molecule has 0 heterocycles. The summed E-state index contributed by atoms with van der Waals surface area (Å²) in [6, 6.07) is 0. The van der Waals surface area contributed by atoms with E-state index in [1.807, 2.05) is 0 Å². The standard InChI is InChI=1S/C12H23N3O2/c1-7(9(13)15-17)10(16)14-6-8-11(2,3)12(8,4)5/h7-8,17H,6H2,1-5H3,(H2,13,15)(H,14,16). The molecule has 5 heteroatoms. The summed E-state index contributed by atoms with van der Waals surface area (Å²) in [6.45, 7) is 11.1. The lowest BCUT2D eigenvalue weighted by atomic mass is 10.0. The molecular weight excluding hydrogens is 218 g/mol. The molecule has 0 aromatic rings. The Balaban J connectivity index is 2.47. The summed E-state index contributed by atoms with van der Waals surface area (Å²) in [7, 11) is 0. The van der Waals surface area contributed by atoms with Crippen molar-refractivity contribution in [1.29, 1.82) is 0 Å². The lowest BCUT2D eigenvalue weighted by Crippen LogP contribution is -2.38. The molecule has 1 amide bonds. The van der Waals surface area contributed by atoms with Gasteiger partial charge >= 0.3 is 0 Å². The van der Waals surface area contributed by atoms with Crippen LogP contribution < -0.4 is 11.1 Å². The fraction of sp³-hybridized carbons (Fsp3) is 0.833. The van der Waals surface area contributed by atoms with Crippen LogP contribution in [0, 0.1) is 22.7 Å². The van der Waals surface area contributed by atoms with Crippen molar-refractivity contribution in [3.8, 4) is 0 Å². The predicted octanol–water partition coefficient (Wildman–Crippen LogP) is 1.17. The van der Waals surface area contributed by atoms with E-state index in [1.54, 1.807) is 6.92 Å². The third-order valence-corrected chi connectivity index (χ3v) is 4.75. The highest BCUT2D eigenvalue weighted by molar-refractivity contribution is 6.01. The number of carbonyl (C=O) groups is 1. The van der Waals surface area contributed by atoms with Crippen LogP contribution in [0.5, 0.6) is 0 Å². The number of amides is 1. The number of oxime groups is 1. The van der Waals surface area contributed by atoms with E-state index in [0.717, 1.165) is 0 Å². The van der Waals surface area contributed by atoms with Crippen LogP contribution in [0.1, 0.15) is 34.6 Å². The van der Waals surface area contributed by atoms with E-state index in [-0.39, 0.29) is 22.6 Å². The quantitative estimate of drug-likeness (QED) is 0.299. The summed E-state index contributed by atoms with van der Waals surface area (Å²) in [4.78, 5) is 11.7. The van der Waals surface area contributed by atoms with Crippen molar-refractivity contribution in [2.75, 3.05) is 6.54 Å². The fourth-order valence-electron chi connectivity index (χ4n) is 2.42. The molecule has 1 saturated carbocycles. The highest BCUT2D eigenvalue weighted by Gasteiger charge is 2.64. The number of carbonyl (C=O) groups excluding carboxylic acids is 1. The summed E-state index contributed by atoms with van der Waals surface area (Å²) < 4.78 is 0. The molecule has 0 aromatic heterocycles. The summed E-state index contributed by atoms with van der Waals surface area (Å²) in [5.74, 6) is -0.376. The van der Waals surface area contributed by atoms with E-state index >= 15 is 0 Å². The molecule has 1 unspecified atom stereocenters. The van der Waals surface area contributed by atoms with E-state index in [9.17, 15) is 4.79 Å². The Morgan fingerprint density at radius 2 is 1.88 bits per heavy atom. The molecule has 0 saturated heterocycles. The van der Waals surface area contributed by atoms with Gasteiger partial charge in [0.1, 0.15) is 0 Å². The molecular formula is C12H23N3O2. The summed E-state index contributed by atoms with van der Waals surface area (Å²) >= 11 is 0. The van der Waals surface area contributed by atoms with E-state index < -0.39 is 5.92 Å². The molecule has 5 nitrogen and oxygen atoms in total. The maximum absolute atomic E-state index is 11.7. The van der Waals surface area contributed by atoms with Gasteiger partial charge in [0.05, 0.1) is 5.92 Å². The number of nitrogens with zero attached hydrogens (tertiary/aromatic N) is 1. The maximum Gasteiger partial charge on any atom is 0.230 e. The van der Waals surface area contributed by atoms with Crippen molar-refractivity contribution in [2.45, 2.75) is 34.6 Å². The van der Waals surface area contributed by atoms with Gasteiger partial charge in [-0.05, 0) is 23.7 Å². The molecule has 1 aliphatic carbocycles. The minimum Gasteiger partial charge on any atom is -0.409 e. The lowest BCUT2D eigenvalue weighted by molar-refractivity contribution is -0.122. The smallest absolute Gasteiger partial charge is 0.230 e. The molecule has 98 valence electrons. The Morgan fingerprint density at radius 1 is 1.41 bits per heavy atom. The second kappa shape index (κ2) is 4.20. The van der Waals surface area contributed by atoms with Crippen molar-refractivity contribution < 1.29 is 10.0 Å². The first-order valence-electron chi connectivity index (χ1n) is 5.91. The third kappa shape index (κ3) is 2.23. The molecule has 4 N–H and O–H groups in total. The monoisotopic (exact) mass is 241 g/mol. The molecule has 17 heavy (non-hydrogen) atoms. The van der Waals surface area contributed by atoms with Crippen LogP contribution in [-0.4, -0.2) is 23.5 Å². The topological polar surface area (TPSA) is 87.7 Å². The molecule has 0 radical (unpaired) electrons. The van der Waals surface area contributed by atoms with Crippen LogP contribution in [0.3, 0.4) is 0 Å². The van der Waals surface area contributed by atoms with Gasteiger partial charge in [-0.1, -0.05) is 32.9 Å². The van der Waals surface area contributed by atoms with Gasteiger partial charge in [-0.2, -0.15) is 0 Å². The van der Waals surface area contributed by atoms with Crippen molar-refractivity contribution in [3.63, 3.8) is 0 Å². The minimum absolute atomic E-state index is 0.0585. The first kappa shape index (κ1) is 13.8. The van der Waals surface area contributed by atoms with E-state index in [0.29, 0.717) is 12.5 Å². The van der Waals surface area contributed by atoms with Gasteiger partial charge in [0.15, 0.2) is 5.84 Å². The molecule has 1 atom stereocenters. The third-order valence-electron chi connectivity index (χ3n) is 4.75. The number of amidine groups is 1. The minimum atomic E-state index is -0.593. The van der Waals surface area contributed by atoms with Crippen LogP contribution in [0.2, 0.25) is 0 Å². The SMILES string of the molecule is CC(C(=O)NCC1C(C)(C)C1(C)C)C(N)=NO. The highest BCUT2D eigenvalue weighted by Crippen LogP contribution is 2.67. The summed E-state index contributed by atoms with van der Waals surface area (Å²) in [6.07, 6.45) is 0. The first-order valence-corrected chi connectivity index (χ1v) is 5.91. The number of hydrogen-bond acceptors (Lipinski definition) is 3. The second-order valence-corrected chi connectivity index (χ2v) is 5.99. The Labute approximate surface area is 102 Å². The van der Waals surface area contributed by atoms with Gasteiger partial charge in [0.25, 0.3) is 0 Å². The van der Waals surface area contributed by atoms with Gasteiger partial charge < -0.3 is 16.3 Å². The molecule has 0 spiro atoms. The average molecular weight is 241 g/mol. The van der Waals surface area contributed by atoms with Gasteiger partial charge in [0.2, 0.25) is 5.91 Å². The van der Waals surface area contributed by atoms with Crippen LogP contribution in [0.25, 0.3) is 0 Å². The number of hydrogen-bond donors (Lipinski definition) is 3. The van der Waals surface area contributed by atoms with Gasteiger partial charge in [-0.25, -0.2) is 0 Å². The first-order chi connectivity index (χ1) is 7.66. The number of rotatable bonds is 4. The van der Waals surface area contributed by atoms with E-state index in [4.69, 9.17) is 10.9 Å². The molecule has 0 aliphatic heterocycles. The van der Waals surface area contributed by atoms with Crippen LogP contribution in [0.4, 0.5) is 0 Å². The van der Waals surface area contributed by atoms with E-state index in [2.05, 4.69) is 38.2 Å². The van der Waals surface area contributed by atoms with Crippen molar-refractivity contribution >= 4 is 11.7 Å². The second-order valence-electron chi connectivity index (χ2n) is 5.99. The Bertz CT molecular complexity index is 334. The summed E-state index contributed by atoms with van der Waals surface area (Å²) in [5.41, 5.74) is 5.89. The zero-order valence-corrected chi connectivity index (χ0v) is 11.2. The molecule has 1 aliphatic rings. The number of nitrogens with one attached hydrogen (secondary N) is 1. The lowest BCUT2D eigenvalue weighted by Gasteiger charge is -2.11. The van der Waals surface area contributed by atoms with Crippen molar-refractivity contribution in [1.82, 2.24) is 5.32 Å². The van der Waals surface area contributed by atoms with Gasteiger partial charge in [-0.3, -0.25) is 4.79 Å². The molecule has 1 fully saturated rings. The molecule has 0 aromatic carbocycles. The van der Waals surface area contributed by atoms with Crippen molar-refractivity contribution in [2.24, 2.45) is 33.6 Å². The van der Waals surface area contributed by atoms with E-state index in [1.165, 1.54) is 0 Å². The number of nitrogens with two attached hydrogens (primary N) is 1. The van der Waals surface area contributed by atoms with Crippen LogP contribution in [0.15, 0.2) is 5.16 Å². The Hall–Kier alpha value is -1.26.